The molecular formula is C10H17NOS. The van der Waals surface area contributed by atoms with Gasteiger partial charge in [-0.15, -0.1) is 11.8 Å². The van der Waals surface area contributed by atoms with Crippen molar-refractivity contribution in [3.63, 3.8) is 0 Å². The lowest BCUT2D eigenvalue weighted by Crippen LogP contribution is -2.41. The van der Waals surface area contributed by atoms with Gasteiger partial charge >= 0.3 is 0 Å². The summed E-state index contributed by atoms with van der Waals surface area (Å²) in [7, 11) is 0. The van der Waals surface area contributed by atoms with Crippen molar-refractivity contribution in [1.82, 2.24) is 5.32 Å². The van der Waals surface area contributed by atoms with E-state index >= 15 is 0 Å². The third-order valence-corrected chi connectivity index (χ3v) is 4.51. The summed E-state index contributed by atoms with van der Waals surface area (Å²) in [6.07, 6.45) is 6.98. The second kappa shape index (κ2) is 4.36. The smallest absolute Gasteiger partial charge is 0.230 e. The minimum Gasteiger partial charge on any atom is -0.354 e. The molecule has 0 aromatic carbocycles. The molecule has 13 heavy (non-hydrogen) atoms. The highest BCUT2D eigenvalue weighted by molar-refractivity contribution is 8.00. The Kier molecular flexibility index (Phi) is 3.14. The first-order chi connectivity index (χ1) is 6.36. The highest BCUT2D eigenvalue weighted by atomic mass is 32.2. The molecule has 1 unspecified atom stereocenters. The van der Waals surface area contributed by atoms with Crippen molar-refractivity contribution in [3.8, 4) is 0 Å². The number of carbonyl (C=O) groups is 1. The topological polar surface area (TPSA) is 29.1 Å². The highest BCUT2D eigenvalue weighted by Gasteiger charge is 2.27. The molecule has 3 heteroatoms. The zero-order valence-electron chi connectivity index (χ0n) is 7.92. The monoisotopic (exact) mass is 199 g/mol. The van der Waals surface area contributed by atoms with Crippen molar-refractivity contribution >= 4 is 17.7 Å². The van der Waals surface area contributed by atoms with Crippen molar-refractivity contribution in [1.29, 1.82) is 0 Å². The molecule has 0 aromatic rings. The first-order valence-electron chi connectivity index (χ1n) is 5.24. The lowest BCUT2D eigenvalue weighted by atomic mass is 9.86. The third-order valence-electron chi connectivity index (χ3n) is 3.10. The van der Waals surface area contributed by atoms with Crippen LogP contribution in [0.15, 0.2) is 0 Å². The van der Waals surface area contributed by atoms with E-state index < -0.39 is 0 Å². The largest absolute Gasteiger partial charge is 0.354 e. The molecule has 1 heterocycles. The van der Waals surface area contributed by atoms with Gasteiger partial charge < -0.3 is 5.32 Å². The number of thioether (sulfide) groups is 1. The molecule has 2 nitrogen and oxygen atoms in total. The molecule has 2 aliphatic rings. The van der Waals surface area contributed by atoms with Crippen LogP contribution >= 0.6 is 11.8 Å². The zero-order chi connectivity index (χ0) is 9.10. The van der Waals surface area contributed by atoms with E-state index in [0.29, 0.717) is 11.0 Å². The number of amides is 1. The van der Waals surface area contributed by atoms with Gasteiger partial charge in [0, 0.05) is 11.8 Å². The molecule has 1 atom stereocenters. The first kappa shape index (κ1) is 9.38. The number of hydrogen-bond donors (Lipinski definition) is 1. The van der Waals surface area contributed by atoms with Gasteiger partial charge in [0.15, 0.2) is 0 Å². The van der Waals surface area contributed by atoms with Crippen LogP contribution in [0.25, 0.3) is 0 Å². The van der Waals surface area contributed by atoms with E-state index in [4.69, 9.17) is 0 Å². The Balaban J connectivity index is 1.82. The van der Waals surface area contributed by atoms with Crippen LogP contribution in [0.4, 0.5) is 0 Å². The normalized spacial score (nSPS) is 31.4. The fraction of sp³-hybridized carbons (Fsp3) is 0.900. The SMILES string of the molecule is O=C1CSC(C2CCCCC2)CN1. The summed E-state index contributed by atoms with van der Waals surface area (Å²) in [6.45, 7) is 0.911. The molecule has 1 amide bonds. The molecule has 1 aliphatic heterocycles. The predicted molar refractivity (Wildman–Crippen MR) is 55.8 cm³/mol. The van der Waals surface area contributed by atoms with Crippen LogP contribution < -0.4 is 5.32 Å². The maximum absolute atomic E-state index is 11.0. The molecule has 2 fully saturated rings. The minimum absolute atomic E-state index is 0.219. The van der Waals surface area contributed by atoms with Crippen LogP contribution in [0.1, 0.15) is 32.1 Å². The Labute approximate surface area is 83.8 Å². The summed E-state index contributed by atoms with van der Waals surface area (Å²) in [5.74, 6) is 1.78. The Hall–Kier alpha value is -0.180. The molecular weight excluding hydrogens is 182 g/mol. The third kappa shape index (κ3) is 2.39. The average molecular weight is 199 g/mol. The predicted octanol–water partition coefficient (Wildman–Crippen LogP) is 1.80. The molecule has 0 aromatic heterocycles. The highest BCUT2D eigenvalue weighted by Crippen LogP contribution is 2.33. The van der Waals surface area contributed by atoms with Crippen LogP contribution in [0, 0.1) is 5.92 Å². The molecule has 0 bridgehead atoms. The average Bonchev–Trinajstić information content (AvgIpc) is 2.20. The maximum atomic E-state index is 11.0. The van der Waals surface area contributed by atoms with Crippen molar-refractivity contribution in [2.45, 2.75) is 37.4 Å². The van der Waals surface area contributed by atoms with Gasteiger partial charge in [-0.2, -0.15) is 0 Å². The van der Waals surface area contributed by atoms with Gasteiger partial charge in [-0.1, -0.05) is 19.3 Å². The summed E-state index contributed by atoms with van der Waals surface area (Å²) in [6, 6.07) is 0. The molecule has 1 saturated carbocycles. The van der Waals surface area contributed by atoms with E-state index in [1.54, 1.807) is 0 Å². The standard InChI is InChI=1S/C10H17NOS/c12-10-7-13-9(6-11-10)8-4-2-1-3-5-8/h8-9H,1-7H2,(H,11,12). The quantitative estimate of drug-likeness (QED) is 0.697. The van der Waals surface area contributed by atoms with E-state index in [9.17, 15) is 4.79 Å². The molecule has 1 aliphatic carbocycles. The fourth-order valence-electron chi connectivity index (χ4n) is 2.32. The summed E-state index contributed by atoms with van der Waals surface area (Å²) in [5.41, 5.74) is 0. The van der Waals surface area contributed by atoms with Gasteiger partial charge in [0.25, 0.3) is 0 Å². The second-order valence-electron chi connectivity index (χ2n) is 4.05. The fourth-order valence-corrected chi connectivity index (χ4v) is 3.53. The number of hydrogen-bond acceptors (Lipinski definition) is 2. The molecule has 1 N–H and O–H groups in total. The van der Waals surface area contributed by atoms with Crippen molar-refractivity contribution in [2.24, 2.45) is 5.92 Å². The van der Waals surface area contributed by atoms with Gasteiger partial charge in [-0.3, -0.25) is 4.79 Å². The number of carbonyl (C=O) groups excluding carboxylic acids is 1. The Morgan fingerprint density at radius 2 is 2.00 bits per heavy atom. The maximum Gasteiger partial charge on any atom is 0.230 e. The van der Waals surface area contributed by atoms with Crippen molar-refractivity contribution in [2.75, 3.05) is 12.3 Å². The van der Waals surface area contributed by atoms with E-state index in [1.807, 2.05) is 11.8 Å². The number of rotatable bonds is 1. The Morgan fingerprint density at radius 3 is 2.62 bits per heavy atom. The summed E-state index contributed by atoms with van der Waals surface area (Å²) >= 11 is 1.87. The van der Waals surface area contributed by atoms with Crippen LogP contribution in [0.3, 0.4) is 0 Å². The van der Waals surface area contributed by atoms with Gasteiger partial charge in [0.05, 0.1) is 5.75 Å². The van der Waals surface area contributed by atoms with Gasteiger partial charge in [-0.05, 0) is 18.8 Å². The summed E-state index contributed by atoms with van der Waals surface area (Å²) < 4.78 is 0. The molecule has 2 rings (SSSR count). The second-order valence-corrected chi connectivity index (χ2v) is 5.28. The van der Waals surface area contributed by atoms with Gasteiger partial charge in [0.2, 0.25) is 5.91 Å². The van der Waals surface area contributed by atoms with Crippen LogP contribution in [0.2, 0.25) is 0 Å². The van der Waals surface area contributed by atoms with Crippen molar-refractivity contribution in [3.05, 3.63) is 0 Å². The van der Waals surface area contributed by atoms with E-state index in [1.165, 1.54) is 32.1 Å². The number of nitrogens with one attached hydrogen (secondary N) is 1. The van der Waals surface area contributed by atoms with Crippen LogP contribution in [-0.4, -0.2) is 23.5 Å². The molecule has 0 radical (unpaired) electrons. The van der Waals surface area contributed by atoms with Crippen molar-refractivity contribution < 1.29 is 4.79 Å². The zero-order valence-corrected chi connectivity index (χ0v) is 8.74. The summed E-state index contributed by atoms with van der Waals surface area (Å²) in [5, 5.41) is 3.68. The van der Waals surface area contributed by atoms with Gasteiger partial charge in [-0.25, -0.2) is 0 Å². The van der Waals surface area contributed by atoms with Gasteiger partial charge in [0.1, 0.15) is 0 Å². The molecule has 1 saturated heterocycles. The Morgan fingerprint density at radius 1 is 1.23 bits per heavy atom. The van der Waals surface area contributed by atoms with E-state index in [2.05, 4.69) is 5.32 Å². The van der Waals surface area contributed by atoms with E-state index in [0.717, 1.165) is 12.5 Å². The minimum atomic E-state index is 0.219. The Bertz CT molecular complexity index is 179. The van der Waals surface area contributed by atoms with Crippen LogP contribution in [0.5, 0.6) is 0 Å². The van der Waals surface area contributed by atoms with E-state index in [-0.39, 0.29) is 5.91 Å². The summed E-state index contributed by atoms with van der Waals surface area (Å²) in [4.78, 5) is 11.0. The lowest BCUT2D eigenvalue weighted by molar-refractivity contribution is -0.118. The van der Waals surface area contributed by atoms with Crippen LogP contribution in [-0.2, 0) is 4.79 Å². The molecule has 74 valence electrons. The molecule has 0 spiro atoms. The lowest BCUT2D eigenvalue weighted by Gasteiger charge is -2.32. The first-order valence-corrected chi connectivity index (χ1v) is 6.29.